The van der Waals surface area contributed by atoms with Crippen LogP contribution in [0.5, 0.6) is 0 Å². The van der Waals surface area contributed by atoms with Crippen molar-refractivity contribution in [1.82, 2.24) is 9.29 Å². The number of ether oxygens (including phenoxy) is 2. The summed E-state index contributed by atoms with van der Waals surface area (Å²) in [6.45, 7) is 2.96. The molecule has 1 aromatic rings. The van der Waals surface area contributed by atoms with E-state index in [0.717, 1.165) is 18.8 Å². The minimum atomic E-state index is -5.08. The number of carboxylic acids is 1. The highest BCUT2D eigenvalue weighted by atomic mass is 32.2. The van der Waals surface area contributed by atoms with E-state index in [1.54, 1.807) is 6.20 Å². The minimum Gasteiger partial charge on any atom is -0.475 e. The molecule has 0 amide bonds. The van der Waals surface area contributed by atoms with Crippen LogP contribution < -0.4 is 5.32 Å². The van der Waals surface area contributed by atoms with Crippen molar-refractivity contribution in [3.8, 4) is 0 Å². The van der Waals surface area contributed by atoms with Gasteiger partial charge in [-0.05, 0) is 18.6 Å². The maximum atomic E-state index is 11.9. The van der Waals surface area contributed by atoms with E-state index in [1.807, 2.05) is 18.2 Å². The summed E-state index contributed by atoms with van der Waals surface area (Å²) < 4.78 is 68.5. The summed E-state index contributed by atoms with van der Waals surface area (Å²) in [5, 5.41) is 10.4. The molecular formula is C17H24F3N3O6S. The van der Waals surface area contributed by atoms with Crippen molar-refractivity contribution in [2.24, 2.45) is 5.92 Å². The van der Waals surface area contributed by atoms with E-state index in [4.69, 9.17) is 19.4 Å². The standard InChI is InChI=1S/C15H23N3O4S.C2HF3O2/c1-23(19,20)18-6-7-21-12-15(11-18)8-13(10-22-15)9-17-14-4-2-3-5-16-14;3-2(4,5)1(6)7/h2-5,13H,6-12H2,1H3,(H,16,17);(H,6,7). The van der Waals surface area contributed by atoms with Gasteiger partial charge in [0.25, 0.3) is 0 Å². The van der Waals surface area contributed by atoms with Crippen molar-refractivity contribution in [1.29, 1.82) is 0 Å². The number of aromatic nitrogens is 1. The molecule has 3 heterocycles. The third kappa shape index (κ3) is 7.38. The van der Waals surface area contributed by atoms with E-state index in [-0.39, 0.29) is 0 Å². The summed E-state index contributed by atoms with van der Waals surface area (Å²) >= 11 is 0. The van der Waals surface area contributed by atoms with Gasteiger partial charge >= 0.3 is 12.1 Å². The number of nitrogens with zero attached hydrogens (tertiary/aromatic N) is 2. The van der Waals surface area contributed by atoms with E-state index in [2.05, 4.69) is 10.3 Å². The van der Waals surface area contributed by atoms with E-state index in [1.165, 1.54) is 10.6 Å². The van der Waals surface area contributed by atoms with Gasteiger partial charge < -0.3 is 19.9 Å². The molecule has 1 spiro atoms. The minimum absolute atomic E-state index is 0.306. The molecule has 13 heteroatoms. The number of hydrogen-bond acceptors (Lipinski definition) is 7. The molecule has 2 unspecified atom stereocenters. The number of halogens is 3. The van der Waals surface area contributed by atoms with Crippen molar-refractivity contribution in [2.45, 2.75) is 18.2 Å². The van der Waals surface area contributed by atoms with Crippen LogP contribution in [0.15, 0.2) is 24.4 Å². The Hall–Kier alpha value is -1.96. The zero-order chi connectivity index (χ0) is 22.4. The lowest BCUT2D eigenvalue weighted by molar-refractivity contribution is -0.192. The molecule has 2 atom stereocenters. The highest BCUT2D eigenvalue weighted by molar-refractivity contribution is 7.88. The Morgan fingerprint density at radius 2 is 2.13 bits per heavy atom. The molecule has 0 radical (unpaired) electrons. The first-order valence-electron chi connectivity index (χ1n) is 9.03. The first kappa shape index (κ1) is 24.3. The first-order chi connectivity index (χ1) is 13.9. The number of pyridine rings is 1. The molecule has 2 fully saturated rings. The molecule has 0 aliphatic carbocycles. The van der Waals surface area contributed by atoms with Gasteiger partial charge in [0, 0.05) is 31.7 Å². The number of hydrogen-bond donors (Lipinski definition) is 2. The molecule has 2 aliphatic rings. The van der Waals surface area contributed by atoms with Gasteiger partial charge in [-0.3, -0.25) is 0 Å². The van der Waals surface area contributed by atoms with Crippen LogP contribution in [0.25, 0.3) is 0 Å². The fourth-order valence-electron chi connectivity index (χ4n) is 3.15. The third-order valence-corrected chi connectivity index (χ3v) is 5.80. The van der Waals surface area contributed by atoms with E-state index in [9.17, 15) is 21.6 Å². The lowest BCUT2D eigenvalue weighted by atomic mass is 9.94. The van der Waals surface area contributed by atoms with Crippen LogP contribution in [0.1, 0.15) is 6.42 Å². The maximum Gasteiger partial charge on any atom is 0.490 e. The highest BCUT2D eigenvalue weighted by Crippen LogP contribution is 2.33. The van der Waals surface area contributed by atoms with Crippen LogP contribution in [-0.4, -0.2) is 86.3 Å². The lowest BCUT2D eigenvalue weighted by Gasteiger charge is -2.29. The van der Waals surface area contributed by atoms with Gasteiger partial charge in [0.05, 0.1) is 26.1 Å². The molecule has 2 saturated heterocycles. The second kappa shape index (κ2) is 9.90. The predicted octanol–water partition coefficient (Wildman–Crippen LogP) is 1.19. The van der Waals surface area contributed by atoms with Crippen molar-refractivity contribution in [3.63, 3.8) is 0 Å². The van der Waals surface area contributed by atoms with Gasteiger partial charge in [-0.2, -0.15) is 17.5 Å². The molecule has 0 saturated carbocycles. The second-order valence-electron chi connectivity index (χ2n) is 7.11. The number of sulfonamides is 1. The van der Waals surface area contributed by atoms with Crippen LogP contribution >= 0.6 is 0 Å². The largest absolute Gasteiger partial charge is 0.490 e. The summed E-state index contributed by atoms with van der Waals surface area (Å²) in [5.74, 6) is -1.61. The molecule has 2 aliphatic heterocycles. The van der Waals surface area contributed by atoms with Crippen LogP contribution in [0.2, 0.25) is 0 Å². The summed E-state index contributed by atoms with van der Waals surface area (Å²) in [6, 6.07) is 5.73. The Morgan fingerprint density at radius 1 is 1.43 bits per heavy atom. The van der Waals surface area contributed by atoms with Crippen molar-refractivity contribution in [3.05, 3.63) is 24.4 Å². The Labute approximate surface area is 172 Å². The Kier molecular flexibility index (Phi) is 8.02. The van der Waals surface area contributed by atoms with Crippen molar-refractivity contribution in [2.75, 3.05) is 51.0 Å². The van der Waals surface area contributed by atoms with E-state index in [0.29, 0.717) is 38.8 Å². The van der Waals surface area contributed by atoms with Crippen molar-refractivity contribution < 1.29 is 41.0 Å². The number of carbonyl (C=O) groups is 1. The van der Waals surface area contributed by atoms with Gasteiger partial charge in [0.15, 0.2) is 0 Å². The number of nitrogens with one attached hydrogen (secondary N) is 1. The zero-order valence-electron chi connectivity index (χ0n) is 16.3. The Bertz CT molecular complexity index is 809. The number of aliphatic carboxylic acids is 1. The zero-order valence-corrected chi connectivity index (χ0v) is 17.1. The van der Waals surface area contributed by atoms with E-state index < -0.39 is 27.8 Å². The number of rotatable bonds is 4. The van der Waals surface area contributed by atoms with Gasteiger partial charge in [-0.15, -0.1) is 0 Å². The predicted molar refractivity (Wildman–Crippen MR) is 100 cm³/mol. The molecule has 3 rings (SSSR count). The highest BCUT2D eigenvalue weighted by Gasteiger charge is 2.44. The molecular weight excluding hydrogens is 431 g/mol. The summed E-state index contributed by atoms with van der Waals surface area (Å²) in [5.41, 5.74) is -0.532. The summed E-state index contributed by atoms with van der Waals surface area (Å²) in [6.07, 6.45) is -1.32. The lowest BCUT2D eigenvalue weighted by Crippen LogP contribution is -2.46. The van der Waals surface area contributed by atoms with Crippen LogP contribution in [0.4, 0.5) is 19.0 Å². The topological polar surface area (TPSA) is 118 Å². The number of alkyl halides is 3. The molecule has 30 heavy (non-hydrogen) atoms. The first-order valence-corrected chi connectivity index (χ1v) is 10.9. The number of carboxylic acid groups (broad SMARTS) is 1. The van der Waals surface area contributed by atoms with Gasteiger partial charge in [0.2, 0.25) is 10.0 Å². The van der Waals surface area contributed by atoms with Gasteiger partial charge in [0.1, 0.15) is 11.4 Å². The second-order valence-corrected chi connectivity index (χ2v) is 9.09. The average Bonchev–Trinajstić information content (AvgIpc) is 2.92. The third-order valence-electron chi connectivity index (χ3n) is 4.55. The van der Waals surface area contributed by atoms with Crippen molar-refractivity contribution >= 4 is 21.8 Å². The summed E-state index contributed by atoms with van der Waals surface area (Å²) in [7, 11) is -3.24. The van der Waals surface area contributed by atoms with Crippen LogP contribution in [0, 0.1) is 5.92 Å². The molecule has 9 nitrogen and oxygen atoms in total. The van der Waals surface area contributed by atoms with Gasteiger partial charge in [-0.25, -0.2) is 18.2 Å². The van der Waals surface area contributed by atoms with Crippen LogP contribution in [-0.2, 0) is 24.3 Å². The molecule has 0 bridgehead atoms. The van der Waals surface area contributed by atoms with Crippen LogP contribution in [0.3, 0.4) is 0 Å². The SMILES string of the molecule is CS(=O)(=O)N1CCOCC2(CC(CNc3ccccn3)CO2)C1.O=C(O)C(F)(F)F. The number of anilines is 1. The summed E-state index contributed by atoms with van der Waals surface area (Å²) in [4.78, 5) is 13.1. The molecule has 1 aromatic heterocycles. The fraction of sp³-hybridized carbons (Fsp3) is 0.647. The van der Waals surface area contributed by atoms with E-state index >= 15 is 0 Å². The van der Waals surface area contributed by atoms with Gasteiger partial charge in [-0.1, -0.05) is 6.07 Å². The molecule has 170 valence electrons. The monoisotopic (exact) mass is 455 g/mol. The maximum absolute atomic E-state index is 11.9. The molecule has 0 aromatic carbocycles. The Balaban J connectivity index is 0.000000396. The quantitative estimate of drug-likeness (QED) is 0.695. The average molecular weight is 455 g/mol. The normalized spacial score (nSPS) is 25.3. The smallest absolute Gasteiger partial charge is 0.475 e. The molecule has 2 N–H and O–H groups in total. The Morgan fingerprint density at radius 3 is 2.70 bits per heavy atom. The fourth-order valence-corrected chi connectivity index (χ4v) is 4.03.